The fourth-order valence-electron chi connectivity index (χ4n) is 2.95. The molecule has 2 heterocycles. The molecule has 0 saturated heterocycles. The number of benzene rings is 1. The summed E-state index contributed by atoms with van der Waals surface area (Å²) in [5.74, 6) is -0.867. The first-order chi connectivity index (χ1) is 15.8. The maximum absolute atomic E-state index is 13.0. The lowest BCUT2D eigenvalue weighted by molar-refractivity contribution is 0.102. The molecule has 13 heteroatoms. The number of nitrogens with one attached hydrogen (secondary N) is 1. The molecule has 1 aromatic carbocycles. The van der Waals surface area contributed by atoms with Crippen molar-refractivity contribution >= 4 is 45.9 Å². The number of carbonyl (C=O) groups is 2. The monoisotopic (exact) mass is 490 g/mol. The summed E-state index contributed by atoms with van der Waals surface area (Å²) in [7, 11) is 0. The Labute approximate surface area is 196 Å². The Balaban J connectivity index is 1.83. The van der Waals surface area contributed by atoms with E-state index in [4.69, 9.17) is 10.5 Å². The number of ketones is 1. The van der Waals surface area contributed by atoms with Gasteiger partial charge in [-0.1, -0.05) is 53.4 Å². The SMILES string of the molecule is CCOC(=O)Nc1nnc(SCC(=O)c2c(N)n(Cc3ccccc3)c(=O)n(CC)c2=O)s1. The van der Waals surface area contributed by atoms with Crippen LogP contribution in [-0.2, 0) is 17.8 Å². The molecule has 0 aliphatic heterocycles. The molecule has 0 aliphatic rings. The van der Waals surface area contributed by atoms with Gasteiger partial charge in [0.15, 0.2) is 10.1 Å². The summed E-state index contributed by atoms with van der Waals surface area (Å²) in [6.07, 6.45) is -0.658. The number of carbonyl (C=O) groups excluding carboxylic acids is 2. The van der Waals surface area contributed by atoms with Crippen molar-refractivity contribution in [1.82, 2.24) is 19.3 Å². The molecular formula is C20H22N6O5S2. The van der Waals surface area contributed by atoms with E-state index in [1.807, 2.05) is 30.3 Å². The second kappa shape index (κ2) is 10.9. The number of nitrogen functional groups attached to an aromatic ring is 1. The van der Waals surface area contributed by atoms with Gasteiger partial charge < -0.3 is 10.5 Å². The molecule has 0 bridgehead atoms. The highest BCUT2D eigenvalue weighted by Gasteiger charge is 2.23. The van der Waals surface area contributed by atoms with Crippen LogP contribution in [0.2, 0.25) is 0 Å². The summed E-state index contributed by atoms with van der Waals surface area (Å²) in [6.45, 7) is 3.75. The average Bonchev–Trinajstić information content (AvgIpc) is 3.23. The third kappa shape index (κ3) is 5.68. The number of ether oxygens (including phenoxy) is 1. The first-order valence-electron chi connectivity index (χ1n) is 9.96. The minimum absolute atomic E-state index is 0.0967. The molecule has 0 aliphatic carbocycles. The fraction of sp³-hybridized carbons (Fsp3) is 0.300. The number of amides is 1. The van der Waals surface area contributed by atoms with Crippen molar-refractivity contribution in [2.45, 2.75) is 31.3 Å². The zero-order valence-electron chi connectivity index (χ0n) is 17.9. The van der Waals surface area contributed by atoms with Crippen LogP contribution in [0.15, 0.2) is 44.3 Å². The van der Waals surface area contributed by atoms with Gasteiger partial charge in [-0.05, 0) is 19.4 Å². The minimum Gasteiger partial charge on any atom is -0.450 e. The highest BCUT2D eigenvalue weighted by atomic mass is 32.2. The van der Waals surface area contributed by atoms with Crippen LogP contribution in [0.5, 0.6) is 0 Å². The average molecular weight is 491 g/mol. The van der Waals surface area contributed by atoms with E-state index in [2.05, 4.69) is 15.5 Å². The number of nitrogens with two attached hydrogens (primary N) is 1. The Morgan fingerprint density at radius 1 is 1.15 bits per heavy atom. The van der Waals surface area contributed by atoms with E-state index in [0.29, 0.717) is 4.34 Å². The van der Waals surface area contributed by atoms with Gasteiger partial charge in [-0.15, -0.1) is 10.2 Å². The second-order valence-corrected chi connectivity index (χ2v) is 8.79. The van der Waals surface area contributed by atoms with Gasteiger partial charge in [0, 0.05) is 6.54 Å². The molecular weight excluding hydrogens is 468 g/mol. The number of rotatable bonds is 9. The number of anilines is 2. The van der Waals surface area contributed by atoms with Crippen LogP contribution in [0.25, 0.3) is 0 Å². The first kappa shape index (κ1) is 24.2. The van der Waals surface area contributed by atoms with Crippen LogP contribution >= 0.6 is 23.1 Å². The third-order valence-electron chi connectivity index (χ3n) is 4.46. The van der Waals surface area contributed by atoms with E-state index in [0.717, 1.165) is 33.2 Å². The van der Waals surface area contributed by atoms with Crippen LogP contribution in [-0.4, -0.2) is 43.6 Å². The van der Waals surface area contributed by atoms with Gasteiger partial charge in [-0.3, -0.25) is 24.0 Å². The molecule has 11 nitrogen and oxygen atoms in total. The minimum atomic E-state index is -0.725. The summed E-state index contributed by atoms with van der Waals surface area (Å²) in [5.41, 5.74) is 5.40. The topological polar surface area (TPSA) is 151 Å². The van der Waals surface area contributed by atoms with Crippen molar-refractivity contribution in [3.05, 3.63) is 62.3 Å². The zero-order chi connectivity index (χ0) is 24.0. The Hall–Kier alpha value is -3.45. The third-order valence-corrected chi connectivity index (χ3v) is 6.44. The smallest absolute Gasteiger partial charge is 0.413 e. The van der Waals surface area contributed by atoms with Crippen molar-refractivity contribution in [1.29, 1.82) is 0 Å². The highest BCUT2D eigenvalue weighted by molar-refractivity contribution is 8.01. The number of thioether (sulfide) groups is 1. The number of hydrogen-bond donors (Lipinski definition) is 2. The number of hydrogen-bond acceptors (Lipinski definition) is 10. The van der Waals surface area contributed by atoms with Crippen LogP contribution in [0.3, 0.4) is 0 Å². The summed E-state index contributed by atoms with van der Waals surface area (Å²) >= 11 is 2.10. The Bertz CT molecular complexity index is 1270. The molecule has 1 amide bonds. The van der Waals surface area contributed by atoms with Crippen molar-refractivity contribution in [2.24, 2.45) is 0 Å². The van der Waals surface area contributed by atoms with Crippen molar-refractivity contribution in [3.8, 4) is 0 Å². The molecule has 2 aromatic heterocycles. The lowest BCUT2D eigenvalue weighted by atomic mass is 10.2. The van der Waals surface area contributed by atoms with Crippen LogP contribution in [0.1, 0.15) is 29.8 Å². The van der Waals surface area contributed by atoms with E-state index >= 15 is 0 Å². The Morgan fingerprint density at radius 2 is 1.88 bits per heavy atom. The van der Waals surface area contributed by atoms with Gasteiger partial charge in [0.2, 0.25) is 5.13 Å². The molecule has 33 heavy (non-hydrogen) atoms. The van der Waals surface area contributed by atoms with Crippen molar-refractivity contribution in [2.75, 3.05) is 23.4 Å². The largest absolute Gasteiger partial charge is 0.450 e. The number of nitrogens with zero attached hydrogens (tertiary/aromatic N) is 4. The number of aromatic nitrogens is 4. The Morgan fingerprint density at radius 3 is 2.55 bits per heavy atom. The van der Waals surface area contributed by atoms with Crippen LogP contribution in [0, 0.1) is 0 Å². The summed E-state index contributed by atoms with van der Waals surface area (Å²) in [6, 6.07) is 9.13. The predicted molar refractivity (Wildman–Crippen MR) is 126 cm³/mol. The van der Waals surface area contributed by atoms with Gasteiger partial charge in [-0.25, -0.2) is 9.59 Å². The molecule has 174 valence electrons. The van der Waals surface area contributed by atoms with Gasteiger partial charge in [0.1, 0.15) is 11.4 Å². The van der Waals surface area contributed by atoms with Crippen molar-refractivity contribution in [3.63, 3.8) is 0 Å². The van der Waals surface area contributed by atoms with E-state index in [-0.39, 0.29) is 42.0 Å². The van der Waals surface area contributed by atoms with Gasteiger partial charge >= 0.3 is 11.8 Å². The zero-order valence-corrected chi connectivity index (χ0v) is 19.6. The lowest BCUT2D eigenvalue weighted by Gasteiger charge is -2.15. The van der Waals surface area contributed by atoms with Gasteiger partial charge in [0.25, 0.3) is 5.56 Å². The molecule has 0 spiro atoms. The Kier molecular flexibility index (Phi) is 8.01. The van der Waals surface area contributed by atoms with Crippen molar-refractivity contribution < 1.29 is 14.3 Å². The van der Waals surface area contributed by atoms with Gasteiger partial charge in [-0.2, -0.15) is 0 Å². The first-order valence-corrected chi connectivity index (χ1v) is 11.8. The second-order valence-electron chi connectivity index (χ2n) is 6.59. The standard InChI is InChI=1S/C20H22N6O5S2/c1-3-25-16(28)14(15(21)26(20(25)30)10-12-8-6-5-7-9-12)13(27)11-32-19-24-23-17(33-19)22-18(29)31-4-2/h5-9H,3-4,10-11,21H2,1-2H3,(H,22,23,29). The molecule has 3 aromatic rings. The predicted octanol–water partition coefficient (Wildman–Crippen LogP) is 2.06. The van der Waals surface area contributed by atoms with E-state index < -0.39 is 23.1 Å². The molecule has 0 unspecified atom stereocenters. The lowest BCUT2D eigenvalue weighted by Crippen LogP contribution is -2.44. The molecule has 0 saturated carbocycles. The molecule has 3 N–H and O–H groups in total. The summed E-state index contributed by atoms with van der Waals surface area (Å²) in [4.78, 5) is 50.1. The maximum Gasteiger partial charge on any atom is 0.413 e. The normalized spacial score (nSPS) is 10.7. The van der Waals surface area contributed by atoms with Crippen LogP contribution < -0.4 is 22.3 Å². The number of Topliss-reactive ketones (excluding diaryl/α,β-unsaturated/α-hetero) is 1. The van der Waals surface area contributed by atoms with E-state index in [1.54, 1.807) is 13.8 Å². The fourth-order valence-corrected chi connectivity index (χ4v) is 4.56. The van der Waals surface area contributed by atoms with E-state index in [1.165, 1.54) is 4.57 Å². The maximum atomic E-state index is 13.0. The summed E-state index contributed by atoms with van der Waals surface area (Å²) in [5, 5.41) is 10.4. The van der Waals surface area contributed by atoms with E-state index in [9.17, 15) is 19.2 Å². The molecule has 0 radical (unpaired) electrons. The quantitative estimate of drug-likeness (QED) is 0.261. The molecule has 3 rings (SSSR count). The molecule has 0 fully saturated rings. The summed E-state index contributed by atoms with van der Waals surface area (Å²) < 4.78 is 7.39. The highest BCUT2D eigenvalue weighted by Crippen LogP contribution is 2.26. The van der Waals surface area contributed by atoms with Gasteiger partial charge in [0.05, 0.1) is 18.9 Å². The van der Waals surface area contributed by atoms with Crippen LogP contribution in [0.4, 0.5) is 15.7 Å². The molecule has 0 atom stereocenters.